The summed E-state index contributed by atoms with van der Waals surface area (Å²) in [5.41, 5.74) is -0.165. The first-order valence-corrected chi connectivity index (χ1v) is 17.0. The number of fused-ring (bicyclic) bond motifs is 7. The van der Waals surface area contributed by atoms with Crippen molar-refractivity contribution in [2.45, 2.75) is 150 Å². The summed E-state index contributed by atoms with van der Waals surface area (Å²) in [4.78, 5) is 27.0. The van der Waals surface area contributed by atoms with Crippen LogP contribution in [-0.4, -0.2) is 57.8 Å². The Labute approximate surface area is 258 Å². The number of carbonyl (C=O) groups is 2. The van der Waals surface area contributed by atoms with Gasteiger partial charge in [0.1, 0.15) is 6.10 Å². The smallest absolute Gasteiger partial charge is 0.309 e. The Morgan fingerprint density at radius 1 is 0.953 bits per heavy atom. The van der Waals surface area contributed by atoms with Crippen LogP contribution in [0.15, 0.2) is 11.6 Å². The van der Waals surface area contributed by atoms with E-state index in [4.69, 9.17) is 9.47 Å². The van der Waals surface area contributed by atoms with Crippen molar-refractivity contribution in [2.75, 3.05) is 0 Å². The lowest BCUT2D eigenvalue weighted by Gasteiger charge is -2.70. The lowest BCUT2D eigenvalue weighted by Crippen LogP contribution is -2.67. The highest BCUT2D eigenvalue weighted by atomic mass is 16.7. The molecule has 7 heteroatoms. The van der Waals surface area contributed by atoms with Crippen LogP contribution in [0.5, 0.6) is 0 Å². The highest BCUT2D eigenvalue weighted by Crippen LogP contribution is 2.75. The zero-order valence-corrected chi connectivity index (χ0v) is 27.7. The normalized spacial score (nSPS) is 54.4. The lowest BCUT2D eigenvalue weighted by atomic mass is 9.33. The number of ether oxygens (including phenoxy) is 2. The molecule has 1 aliphatic heterocycles. The quantitative estimate of drug-likeness (QED) is 0.326. The van der Waals surface area contributed by atoms with Gasteiger partial charge in [-0.05, 0) is 117 Å². The summed E-state index contributed by atoms with van der Waals surface area (Å²) >= 11 is 0. The number of aliphatic hydroxyl groups excluding tert-OH is 2. The number of aliphatic carboxylic acids is 1. The van der Waals surface area contributed by atoms with Crippen LogP contribution in [0.3, 0.4) is 0 Å². The molecule has 5 aliphatic carbocycles. The maximum Gasteiger partial charge on any atom is 0.309 e. The second-order valence-corrected chi connectivity index (χ2v) is 17.6. The third-order valence-corrected chi connectivity index (χ3v) is 15.0. The van der Waals surface area contributed by atoms with Gasteiger partial charge >= 0.3 is 5.97 Å². The van der Waals surface area contributed by atoms with Crippen LogP contribution in [0.25, 0.3) is 0 Å². The van der Waals surface area contributed by atoms with Crippen LogP contribution in [-0.2, 0) is 19.1 Å². The molecule has 0 bridgehead atoms. The van der Waals surface area contributed by atoms with E-state index in [1.807, 2.05) is 13.0 Å². The van der Waals surface area contributed by atoms with Crippen LogP contribution in [0.2, 0.25) is 0 Å². The van der Waals surface area contributed by atoms with Crippen molar-refractivity contribution in [3.05, 3.63) is 11.6 Å². The molecule has 0 amide bonds. The van der Waals surface area contributed by atoms with Crippen molar-refractivity contribution in [3.63, 3.8) is 0 Å². The average Bonchev–Trinajstić information content (AvgIpc) is 2.91. The van der Waals surface area contributed by atoms with E-state index < -0.39 is 36.0 Å². The van der Waals surface area contributed by atoms with Crippen LogP contribution >= 0.6 is 0 Å². The van der Waals surface area contributed by atoms with Crippen molar-refractivity contribution >= 4 is 11.8 Å². The number of aliphatic hydroxyl groups is 2. The number of hydrogen-bond acceptors (Lipinski definition) is 6. The maximum absolute atomic E-state index is 14.6. The van der Waals surface area contributed by atoms with E-state index in [0.29, 0.717) is 12.8 Å². The van der Waals surface area contributed by atoms with E-state index in [9.17, 15) is 24.9 Å². The minimum Gasteiger partial charge on any atom is -0.481 e. The molecule has 242 valence electrons. The minimum absolute atomic E-state index is 0.0462. The summed E-state index contributed by atoms with van der Waals surface area (Å²) in [6.07, 6.45) is 7.45. The number of hydrogen-bond donors (Lipinski definition) is 3. The molecule has 3 N–H and O–H groups in total. The summed E-state index contributed by atoms with van der Waals surface area (Å²) in [5, 5.41) is 30.7. The first kappa shape index (κ1) is 31.7. The predicted molar refractivity (Wildman–Crippen MR) is 163 cm³/mol. The van der Waals surface area contributed by atoms with Crippen molar-refractivity contribution < 1.29 is 34.4 Å². The first-order valence-electron chi connectivity index (χ1n) is 17.0. The summed E-state index contributed by atoms with van der Waals surface area (Å²) in [7, 11) is 0. The van der Waals surface area contributed by atoms with Gasteiger partial charge in [0.05, 0.1) is 23.7 Å². The van der Waals surface area contributed by atoms with Gasteiger partial charge in [-0.15, -0.1) is 0 Å². The molecule has 1 heterocycles. The molecule has 5 fully saturated rings. The van der Waals surface area contributed by atoms with Crippen molar-refractivity contribution in [1.29, 1.82) is 0 Å². The molecule has 0 spiro atoms. The molecule has 7 nitrogen and oxygen atoms in total. The standard InChI is InChI=1S/C36H56O7/c1-20-28(39)23(37)18-27(42-20)43-26-10-11-34(6)25(31(26,2)3)9-12-36(8)29(34)24(38)17-21-22-19-33(5,30(40)41)14-13-32(22,4)15-16-35(21,36)7/h17,20,22-23,25-29,37,39H,9-16,18-19H2,1-8H3,(H,40,41)/t20-,22+,23+,25+,26+,27-,28-,29+,32+,33-,34+,35-,36+/m0/s1. The molecule has 4 saturated carbocycles. The Bertz CT molecular complexity index is 1200. The topological polar surface area (TPSA) is 113 Å². The number of ketones is 1. The highest BCUT2D eigenvalue weighted by molar-refractivity contribution is 5.95. The van der Waals surface area contributed by atoms with Gasteiger partial charge in [0.25, 0.3) is 0 Å². The lowest BCUT2D eigenvalue weighted by molar-refractivity contribution is -0.290. The minimum atomic E-state index is -0.903. The Morgan fingerprint density at radius 3 is 2.28 bits per heavy atom. The average molecular weight is 601 g/mol. The summed E-state index contributed by atoms with van der Waals surface area (Å²) in [6.45, 7) is 17.8. The maximum atomic E-state index is 14.6. The largest absolute Gasteiger partial charge is 0.481 e. The molecule has 6 rings (SSSR count). The number of carbonyl (C=O) groups excluding carboxylic acids is 1. The van der Waals surface area contributed by atoms with Gasteiger partial charge in [0.15, 0.2) is 12.1 Å². The fourth-order valence-corrected chi connectivity index (χ4v) is 11.9. The number of carboxylic acids is 1. The van der Waals surface area contributed by atoms with Crippen LogP contribution < -0.4 is 0 Å². The predicted octanol–water partition coefficient (Wildman–Crippen LogP) is 6.29. The van der Waals surface area contributed by atoms with Gasteiger partial charge in [0.2, 0.25) is 0 Å². The molecule has 0 aromatic rings. The van der Waals surface area contributed by atoms with E-state index >= 15 is 0 Å². The van der Waals surface area contributed by atoms with Gasteiger partial charge in [-0.3, -0.25) is 9.59 Å². The third kappa shape index (κ3) is 4.33. The van der Waals surface area contributed by atoms with Crippen molar-refractivity contribution in [2.24, 2.45) is 50.2 Å². The molecular formula is C36H56O7. The summed E-state index contributed by atoms with van der Waals surface area (Å²) in [5.74, 6) is -0.128. The summed E-state index contributed by atoms with van der Waals surface area (Å²) in [6, 6.07) is 0. The molecular weight excluding hydrogens is 544 g/mol. The fourth-order valence-electron chi connectivity index (χ4n) is 11.9. The second kappa shape index (κ2) is 9.86. The van der Waals surface area contributed by atoms with Crippen LogP contribution in [0.1, 0.15) is 120 Å². The van der Waals surface area contributed by atoms with E-state index in [-0.39, 0.29) is 63.1 Å². The Balaban J connectivity index is 1.32. The monoisotopic (exact) mass is 600 g/mol. The van der Waals surface area contributed by atoms with E-state index in [2.05, 4.69) is 41.5 Å². The van der Waals surface area contributed by atoms with Crippen LogP contribution in [0.4, 0.5) is 0 Å². The molecule has 13 atom stereocenters. The van der Waals surface area contributed by atoms with Gasteiger partial charge < -0.3 is 24.8 Å². The highest BCUT2D eigenvalue weighted by Gasteiger charge is 2.70. The molecule has 0 radical (unpaired) electrons. The van der Waals surface area contributed by atoms with Crippen molar-refractivity contribution in [3.8, 4) is 0 Å². The van der Waals surface area contributed by atoms with E-state index in [0.717, 1.165) is 44.9 Å². The van der Waals surface area contributed by atoms with Crippen molar-refractivity contribution in [1.82, 2.24) is 0 Å². The third-order valence-electron chi connectivity index (χ3n) is 15.0. The Morgan fingerprint density at radius 2 is 1.63 bits per heavy atom. The fraction of sp³-hybridized carbons (Fsp3) is 0.889. The molecule has 1 saturated heterocycles. The summed E-state index contributed by atoms with van der Waals surface area (Å²) < 4.78 is 12.6. The molecule has 0 unspecified atom stereocenters. The van der Waals surface area contributed by atoms with E-state index in [1.165, 1.54) is 5.57 Å². The van der Waals surface area contributed by atoms with Gasteiger partial charge in [-0.1, -0.05) is 47.1 Å². The Kier molecular flexibility index (Phi) is 7.27. The SMILES string of the molecule is C[C@@H]1O[C@@H](O[C@@H]2CC[C@]3(C)[C@H](CC[C@]4(C)[C@@H]3C(=O)C=C3[C@H]5C[C@@](C)(C(=O)O)CC[C@]5(C)CC[C@@]34C)C2(C)C)C[C@@H](O)[C@H]1O. The second-order valence-electron chi connectivity index (χ2n) is 17.6. The van der Waals surface area contributed by atoms with E-state index in [1.54, 1.807) is 6.92 Å². The molecule has 0 aromatic heterocycles. The molecule has 6 aliphatic rings. The zero-order valence-electron chi connectivity index (χ0n) is 27.7. The zero-order chi connectivity index (χ0) is 31.5. The number of carboxylic acid groups (broad SMARTS) is 1. The molecule has 43 heavy (non-hydrogen) atoms. The first-order chi connectivity index (χ1) is 19.8. The number of rotatable bonds is 3. The van der Waals surface area contributed by atoms with Gasteiger partial charge in [0, 0.05) is 12.3 Å². The van der Waals surface area contributed by atoms with Crippen LogP contribution in [0, 0.1) is 50.2 Å². The van der Waals surface area contributed by atoms with Gasteiger partial charge in [-0.2, -0.15) is 0 Å². The number of allylic oxidation sites excluding steroid dienone is 2. The Hall–Kier alpha value is -1.28. The molecule has 0 aromatic carbocycles. The van der Waals surface area contributed by atoms with Gasteiger partial charge in [-0.25, -0.2) is 0 Å².